The average Bonchev–Trinajstić information content (AvgIpc) is 2.38. The summed E-state index contributed by atoms with van der Waals surface area (Å²) in [5.41, 5.74) is 1.13. The summed E-state index contributed by atoms with van der Waals surface area (Å²) < 4.78 is 4.63. The summed E-state index contributed by atoms with van der Waals surface area (Å²) in [4.78, 5) is 22.2. The normalized spacial score (nSPS) is 9.44. The van der Waals surface area contributed by atoms with Gasteiger partial charge in [0.15, 0.2) is 0 Å². The summed E-state index contributed by atoms with van der Waals surface area (Å²) in [6.07, 6.45) is -0.643. The summed E-state index contributed by atoms with van der Waals surface area (Å²) in [5, 5.41) is 15.9. The number of rotatable bonds is 4. The van der Waals surface area contributed by atoms with Crippen molar-refractivity contribution in [1.82, 2.24) is 5.32 Å². The first-order chi connectivity index (χ1) is 8.65. The Kier molecular flexibility index (Phi) is 5.46. The molecule has 0 aliphatic heterocycles. The lowest BCUT2D eigenvalue weighted by atomic mass is 10.3. The molecule has 7 nitrogen and oxygen atoms in total. The van der Waals surface area contributed by atoms with Gasteiger partial charge in [-0.25, -0.2) is 9.59 Å². The van der Waals surface area contributed by atoms with Crippen LogP contribution in [0.25, 0.3) is 0 Å². The predicted octanol–water partition coefficient (Wildman–Crippen LogP) is 0.979. The Bertz CT molecular complexity index is 405. The van der Waals surface area contributed by atoms with Crippen LogP contribution in [-0.4, -0.2) is 37.5 Å². The van der Waals surface area contributed by atoms with Crippen LogP contribution < -0.4 is 16.0 Å². The molecule has 0 bridgehead atoms. The number of benzene rings is 1. The molecule has 0 atom stereocenters. The van der Waals surface area contributed by atoms with E-state index in [0.29, 0.717) is 11.4 Å². The van der Waals surface area contributed by atoms with Crippen LogP contribution in [0.1, 0.15) is 0 Å². The third-order valence-corrected chi connectivity index (χ3v) is 1.94. The highest BCUT2D eigenvalue weighted by Gasteiger charge is 2.03. The van der Waals surface area contributed by atoms with Gasteiger partial charge in [-0.15, -0.1) is 0 Å². The molecule has 0 heterocycles. The van der Waals surface area contributed by atoms with Crippen LogP contribution >= 0.6 is 0 Å². The molecule has 1 rings (SSSR count). The van der Waals surface area contributed by atoms with Gasteiger partial charge < -0.3 is 20.5 Å². The summed E-state index contributed by atoms with van der Waals surface area (Å²) in [6, 6.07) is 6.18. The highest BCUT2D eigenvalue weighted by atomic mass is 16.6. The third-order valence-electron chi connectivity index (χ3n) is 1.94. The first kappa shape index (κ1) is 13.8. The first-order valence-corrected chi connectivity index (χ1v) is 5.29. The van der Waals surface area contributed by atoms with Crippen molar-refractivity contribution in [2.24, 2.45) is 0 Å². The van der Waals surface area contributed by atoms with Crippen LogP contribution in [-0.2, 0) is 4.74 Å². The smallest absolute Gasteiger partial charge is 0.411 e. The number of ether oxygens (including phenoxy) is 1. The second-order valence-electron chi connectivity index (χ2n) is 3.27. The van der Waals surface area contributed by atoms with Crippen molar-refractivity contribution in [3.8, 4) is 0 Å². The summed E-state index contributed by atoms with van der Waals surface area (Å²) >= 11 is 0. The molecule has 0 radical (unpaired) electrons. The molecule has 1 aromatic carbocycles. The average molecular weight is 253 g/mol. The van der Waals surface area contributed by atoms with Crippen LogP contribution in [0.5, 0.6) is 0 Å². The number of urea groups is 1. The lowest BCUT2D eigenvalue weighted by Crippen LogP contribution is -2.24. The van der Waals surface area contributed by atoms with Gasteiger partial charge in [-0.2, -0.15) is 0 Å². The van der Waals surface area contributed by atoms with Gasteiger partial charge in [0.25, 0.3) is 0 Å². The minimum atomic E-state index is -0.643. The quantitative estimate of drug-likeness (QED) is 0.642. The molecule has 0 fully saturated rings. The molecule has 98 valence electrons. The van der Waals surface area contributed by atoms with Crippen molar-refractivity contribution in [2.75, 3.05) is 30.9 Å². The number of nitrogens with one attached hydrogen (secondary N) is 3. The zero-order valence-electron chi connectivity index (χ0n) is 9.90. The van der Waals surface area contributed by atoms with Crippen molar-refractivity contribution in [2.45, 2.75) is 0 Å². The van der Waals surface area contributed by atoms with Gasteiger partial charge in [-0.3, -0.25) is 5.32 Å². The van der Waals surface area contributed by atoms with Gasteiger partial charge in [0, 0.05) is 18.4 Å². The zero-order chi connectivity index (χ0) is 13.4. The van der Waals surface area contributed by atoms with E-state index in [2.05, 4.69) is 20.7 Å². The van der Waals surface area contributed by atoms with E-state index in [1.807, 2.05) is 0 Å². The van der Waals surface area contributed by atoms with E-state index in [0.717, 1.165) is 0 Å². The fraction of sp³-hybridized carbons (Fsp3) is 0.273. The topological polar surface area (TPSA) is 99.7 Å². The Morgan fingerprint density at radius 3 is 2.22 bits per heavy atom. The van der Waals surface area contributed by atoms with Crippen LogP contribution in [0.3, 0.4) is 0 Å². The van der Waals surface area contributed by atoms with E-state index >= 15 is 0 Å². The molecular formula is C11H15N3O4. The van der Waals surface area contributed by atoms with E-state index in [1.54, 1.807) is 24.3 Å². The lowest BCUT2D eigenvalue weighted by molar-refractivity contribution is 0.131. The molecule has 0 unspecified atom stereocenters. The first-order valence-electron chi connectivity index (χ1n) is 5.29. The molecule has 7 heteroatoms. The third kappa shape index (κ3) is 4.71. The molecule has 0 spiro atoms. The fourth-order valence-electron chi connectivity index (χ4n) is 1.12. The predicted molar refractivity (Wildman–Crippen MR) is 66.6 cm³/mol. The van der Waals surface area contributed by atoms with E-state index < -0.39 is 6.09 Å². The number of hydrogen-bond acceptors (Lipinski definition) is 4. The zero-order valence-corrected chi connectivity index (χ0v) is 9.90. The minimum absolute atomic E-state index is 0.0534. The maximum Gasteiger partial charge on any atom is 0.411 e. The molecular weight excluding hydrogens is 238 g/mol. The fourth-order valence-corrected chi connectivity index (χ4v) is 1.12. The van der Waals surface area contributed by atoms with Gasteiger partial charge in [-0.1, -0.05) is 0 Å². The highest BCUT2D eigenvalue weighted by Crippen LogP contribution is 2.13. The van der Waals surface area contributed by atoms with E-state index in [-0.39, 0.29) is 19.2 Å². The van der Waals surface area contributed by atoms with Crippen molar-refractivity contribution in [3.63, 3.8) is 0 Å². The SMILES string of the molecule is CNC(=O)Nc1ccc(NC(=O)OCCO)cc1. The monoisotopic (exact) mass is 253 g/mol. The van der Waals surface area contributed by atoms with Gasteiger partial charge in [-0.05, 0) is 24.3 Å². The largest absolute Gasteiger partial charge is 0.447 e. The number of hydrogen-bond donors (Lipinski definition) is 4. The van der Waals surface area contributed by atoms with E-state index in [1.165, 1.54) is 7.05 Å². The number of carbonyl (C=O) groups is 2. The lowest BCUT2D eigenvalue weighted by Gasteiger charge is -2.07. The second-order valence-corrected chi connectivity index (χ2v) is 3.27. The molecule has 4 N–H and O–H groups in total. The van der Waals surface area contributed by atoms with Crippen molar-refractivity contribution < 1.29 is 19.4 Å². The molecule has 0 saturated carbocycles. The Hall–Kier alpha value is -2.28. The summed E-state index contributed by atoms with van der Waals surface area (Å²) in [6.45, 7) is -0.273. The minimum Gasteiger partial charge on any atom is -0.447 e. The van der Waals surface area contributed by atoms with Crippen LogP contribution in [0.4, 0.5) is 21.0 Å². The van der Waals surface area contributed by atoms with Gasteiger partial charge >= 0.3 is 12.1 Å². The molecule has 0 aliphatic rings. The molecule has 0 aromatic heterocycles. The van der Waals surface area contributed by atoms with Gasteiger partial charge in [0.2, 0.25) is 0 Å². The molecule has 0 saturated heterocycles. The van der Waals surface area contributed by atoms with Crippen molar-refractivity contribution >= 4 is 23.5 Å². The van der Waals surface area contributed by atoms with E-state index in [9.17, 15) is 9.59 Å². The van der Waals surface area contributed by atoms with E-state index in [4.69, 9.17) is 5.11 Å². The van der Waals surface area contributed by atoms with Crippen molar-refractivity contribution in [1.29, 1.82) is 0 Å². The standard InChI is InChI=1S/C11H15N3O4/c1-12-10(16)13-8-2-4-9(5-3-8)14-11(17)18-7-6-15/h2-5,15H,6-7H2,1H3,(H,14,17)(H2,12,13,16). The van der Waals surface area contributed by atoms with Crippen LogP contribution in [0.15, 0.2) is 24.3 Å². The molecule has 0 aliphatic carbocycles. The summed E-state index contributed by atoms with van der Waals surface area (Å²) in [5.74, 6) is 0. The number of anilines is 2. The Labute approximate surface area is 104 Å². The molecule has 18 heavy (non-hydrogen) atoms. The maximum atomic E-state index is 11.2. The number of aliphatic hydroxyl groups excluding tert-OH is 1. The Morgan fingerprint density at radius 1 is 1.17 bits per heavy atom. The van der Waals surface area contributed by atoms with Crippen molar-refractivity contribution in [3.05, 3.63) is 24.3 Å². The van der Waals surface area contributed by atoms with Gasteiger partial charge in [0.05, 0.1) is 6.61 Å². The number of aliphatic hydroxyl groups is 1. The van der Waals surface area contributed by atoms with Crippen LogP contribution in [0.2, 0.25) is 0 Å². The molecule has 1 aromatic rings. The number of carbonyl (C=O) groups excluding carboxylic acids is 2. The van der Waals surface area contributed by atoms with Gasteiger partial charge in [0.1, 0.15) is 6.61 Å². The van der Waals surface area contributed by atoms with Crippen LogP contribution in [0, 0.1) is 0 Å². The summed E-state index contributed by atoms with van der Waals surface area (Å²) in [7, 11) is 1.52. The second kappa shape index (κ2) is 7.13. The molecule has 3 amide bonds. The Balaban J connectivity index is 2.49. The highest BCUT2D eigenvalue weighted by molar-refractivity contribution is 5.90. The Morgan fingerprint density at radius 2 is 1.72 bits per heavy atom. The number of amides is 3. The maximum absolute atomic E-state index is 11.2.